The molecule has 0 saturated carbocycles. The average Bonchev–Trinajstić information content (AvgIpc) is 2.87. The molecule has 10 atom stereocenters. The van der Waals surface area contributed by atoms with Gasteiger partial charge in [-0.3, -0.25) is 0 Å². The van der Waals surface area contributed by atoms with Crippen LogP contribution in [0.5, 0.6) is 0 Å². The van der Waals surface area contributed by atoms with Crippen LogP contribution < -0.4 is 0 Å². The van der Waals surface area contributed by atoms with Crippen LogP contribution in [0.15, 0.2) is 50.6 Å². The van der Waals surface area contributed by atoms with E-state index in [9.17, 15) is 20.4 Å². The first-order valence-electron chi connectivity index (χ1n) is 11.4. The summed E-state index contributed by atoms with van der Waals surface area (Å²) in [6.45, 7) is 14.0. The van der Waals surface area contributed by atoms with Gasteiger partial charge in [0.2, 0.25) is 0 Å². The van der Waals surface area contributed by atoms with Gasteiger partial charge in [-0.25, -0.2) is 0 Å². The predicted octanol–water partition coefficient (Wildman–Crippen LogP) is -0.556. The number of ether oxygens (including phenoxy) is 7. The van der Waals surface area contributed by atoms with Gasteiger partial charge < -0.3 is 53.6 Å². The van der Waals surface area contributed by atoms with Gasteiger partial charge in [-0.2, -0.15) is 0 Å². The van der Waals surface area contributed by atoms with Gasteiger partial charge in [0.25, 0.3) is 0 Å². The summed E-state index contributed by atoms with van der Waals surface area (Å²) in [4.78, 5) is 0. The quantitative estimate of drug-likeness (QED) is 0.202. The lowest BCUT2D eigenvalue weighted by molar-refractivity contribution is -0.366. The van der Waals surface area contributed by atoms with Gasteiger partial charge in [-0.15, -0.1) is 26.3 Å². The lowest BCUT2D eigenvalue weighted by Crippen LogP contribution is -2.66. The summed E-state index contributed by atoms with van der Waals surface area (Å²) in [5, 5.41) is 40.7. The standard InChI is InChI=1S/C24H38O11/c1-5-9-29-20-18(28)17(27)15(13-25)33-24(20)35-19-16(14-26)34-23(32-12-8-4)22(31-11-7-3)21(19)30-10-6-2/h5-8,15-28H,1-4,9-14H2/t15-,16-,17+,18+,19-,20-,21+,22-,23?,24+/m1/s1. The van der Waals surface area contributed by atoms with Crippen LogP contribution in [-0.2, 0) is 33.2 Å². The number of aliphatic hydroxyl groups excluding tert-OH is 4. The summed E-state index contributed by atoms with van der Waals surface area (Å²) < 4.78 is 41.1. The van der Waals surface area contributed by atoms with E-state index in [4.69, 9.17) is 33.2 Å². The first-order chi connectivity index (χ1) is 17.0. The van der Waals surface area contributed by atoms with Gasteiger partial charge in [0.05, 0.1) is 39.6 Å². The van der Waals surface area contributed by atoms with Crippen molar-refractivity contribution in [2.24, 2.45) is 0 Å². The Kier molecular flexibility index (Phi) is 13.3. The van der Waals surface area contributed by atoms with E-state index in [-0.39, 0.29) is 26.4 Å². The fourth-order valence-corrected chi connectivity index (χ4v) is 3.89. The van der Waals surface area contributed by atoms with Gasteiger partial charge in [0.1, 0.15) is 48.8 Å². The highest BCUT2D eigenvalue weighted by Gasteiger charge is 2.52. The van der Waals surface area contributed by atoms with Crippen LogP contribution in [0.3, 0.4) is 0 Å². The van der Waals surface area contributed by atoms with Crippen molar-refractivity contribution < 1.29 is 53.6 Å². The normalized spacial score (nSPS) is 37.5. The Hall–Kier alpha value is -1.48. The predicted molar refractivity (Wildman–Crippen MR) is 124 cm³/mol. The Morgan fingerprint density at radius 1 is 0.571 bits per heavy atom. The zero-order chi connectivity index (χ0) is 25.8. The third-order valence-corrected chi connectivity index (χ3v) is 5.48. The third kappa shape index (κ3) is 7.75. The average molecular weight is 503 g/mol. The minimum Gasteiger partial charge on any atom is -0.394 e. The van der Waals surface area contributed by atoms with Gasteiger partial charge in [-0.05, 0) is 0 Å². The summed E-state index contributed by atoms with van der Waals surface area (Å²) >= 11 is 0. The Morgan fingerprint density at radius 3 is 1.60 bits per heavy atom. The van der Waals surface area contributed by atoms with E-state index in [1.54, 1.807) is 18.2 Å². The van der Waals surface area contributed by atoms with E-state index in [0.717, 1.165) is 0 Å². The van der Waals surface area contributed by atoms with Crippen molar-refractivity contribution in [1.29, 1.82) is 0 Å². The molecule has 4 N–H and O–H groups in total. The molecule has 0 aromatic carbocycles. The molecule has 2 aliphatic heterocycles. The highest BCUT2D eigenvalue weighted by Crippen LogP contribution is 2.33. The van der Waals surface area contributed by atoms with Crippen molar-refractivity contribution in [2.75, 3.05) is 39.6 Å². The van der Waals surface area contributed by atoms with Crippen molar-refractivity contribution in [3.05, 3.63) is 50.6 Å². The number of rotatable bonds is 16. The van der Waals surface area contributed by atoms with Crippen LogP contribution in [0.2, 0.25) is 0 Å². The van der Waals surface area contributed by atoms with Crippen LogP contribution in [0.4, 0.5) is 0 Å². The van der Waals surface area contributed by atoms with E-state index in [1.165, 1.54) is 6.08 Å². The molecule has 0 aromatic rings. The van der Waals surface area contributed by atoms with Crippen LogP contribution in [-0.4, -0.2) is 121 Å². The van der Waals surface area contributed by atoms with Crippen molar-refractivity contribution >= 4 is 0 Å². The molecule has 0 aromatic heterocycles. The lowest BCUT2D eigenvalue weighted by atomic mass is 9.96. The Bertz CT molecular complexity index is 659. The van der Waals surface area contributed by atoms with Gasteiger partial charge in [0.15, 0.2) is 12.6 Å². The largest absolute Gasteiger partial charge is 0.394 e. The number of aliphatic hydroxyl groups is 4. The molecule has 0 spiro atoms. The van der Waals surface area contributed by atoms with Crippen molar-refractivity contribution in [1.82, 2.24) is 0 Å². The SMILES string of the molecule is C=CCOC1O[C@H](CO)[C@@H](O[C@@H]2O[C@H](CO)[C@H](O)[C@H](O)[C@H]2OCC=C)[C@H](OCC=C)[C@H]1OCC=C. The summed E-state index contributed by atoms with van der Waals surface area (Å²) in [7, 11) is 0. The molecular weight excluding hydrogens is 464 g/mol. The highest BCUT2D eigenvalue weighted by atomic mass is 16.8. The molecule has 2 saturated heterocycles. The van der Waals surface area contributed by atoms with Crippen LogP contribution in [0.1, 0.15) is 0 Å². The van der Waals surface area contributed by atoms with Gasteiger partial charge >= 0.3 is 0 Å². The second kappa shape index (κ2) is 15.6. The van der Waals surface area contributed by atoms with Crippen molar-refractivity contribution in [3.63, 3.8) is 0 Å². The second-order valence-corrected chi connectivity index (χ2v) is 7.91. The van der Waals surface area contributed by atoms with E-state index in [0.29, 0.717) is 0 Å². The van der Waals surface area contributed by atoms with E-state index in [2.05, 4.69) is 26.3 Å². The van der Waals surface area contributed by atoms with Crippen LogP contribution >= 0.6 is 0 Å². The van der Waals surface area contributed by atoms with Crippen molar-refractivity contribution in [3.8, 4) is 0 Å². The lowest BCUT2D eigenvalue weighted by Gasteiger charge is -2.48. The summed E-state index contributed by atoms with van der Waals surface area (Å²) in [5.74, 6) is 0. The molecule has 2 aliphatic rings. The van der Waals surface area contributed by atoms with E-state index < -0.39 is 74.6 Å². The molecule has 2 rings (SSSR count). The Labute approximate surface area is 205 Å². The molecule has 11 nitrogen and oxygen atoms in total. The highest BCUT2D eigenvalue weighted by molar-refractivity contribution is 4.97. The minimum absolute atomic E-state index is 0.0327. The second-order valence-electron chi connectivity index (χ2n) is 7.91. The molecule has 1 unspecified atom stereocenters. The topological polar surface area (TPSA) is 146 Å². The molecule has 11 heteroatoms. The molecule has 0 amide bonds. The number of hydrogen-bond donors (Lipinski definition) is 4. The third-order valence-electron chi connectivity index (χ3n) is 5.48. The maximum absolute atomic E-state index is 10.6. The molecule has 2 heterocycles. The number of hydrogen-bond acceptors (Lipinski definition) is 11. The monoisotopic (exact) mass is 502 g/mol. The fraction of sp³-hybridized carbons (Fsp3) is 0.667. The first kappa shape index (κ1) is 29.7. The first-order valence-corrected chi connectivity index (χ1v) is 11.4. The van der Waals surface area contributed by atoms with E-state index in [1.807, 2.05) is 0 Å². The molecular formula is C24H38O11. The maximum atomic E-state index is 10.6. The zero-order valence-electron chi connectivity index (χ0n) is 19.8. The summed E-state index contributed by atoms with van der Waals surface area (Å²) in [6, 6.07) is 0. The molecule has 0 radical (unpaired) electrons. The Morgan fingerprint density at radius 2 is 1.06 bits per heavy atom. The van der Waals surface area contributed by atoms with Crippen LogP contribution in [0.25, 0.3) is 0 Å². The zero-order valence-corrected chi connectivity index (χ0v) is 19.8. The maximum Gasteiger partial charge on any atom is 0.187 e. The van der Waals surface area contributed by atoms with Crippen molar-refractivity contribution in [2.45, 2.75) is 61.4 Å². The fourth-order valence-electron chi connectivity index (χ4n) is 3.89. The molecule has 2 fully saturated rings. The smallest absolute Gasteiger partial charge is 0.187 e. The Balaban J connectivity index is 2.38. The molecule has 0 aliphatic carbocycles. The summed E-state index contributed by atoms with van der Waals surface area (Å²) in [6.07, 6.45) is -4.87. The van der Waals surface area contributed by atoms with E-state index >= 15 is 0 Å². The van der Waals surface area contributed by atoms with Gasteiger partial charge in [0, 0.05) is 0 Å². The molecule has 35 heavy (non-hydrogen) atoms. The molecule has 0 bridgehead atoms. The summed E-state index contributed by atoms with van der Waals surface area (Å²) in [5.41, 5.74) is 0. The minimum atomic E-state index is -1.44. The van der Waals surface area contributed by atoms with Crippen LogP contribution in [0, 0.1) is 0 Å². The molecule has 200 valence electrons. The van der Waals surface area contributed by atoms with Gasteiger partial charge in [-0.1, -0.05) is 24.3 Å².